The van der Waals surface area contributed by atoms with Gasteiger partial charge in [-0.15, -0.1) is 0 Å². The lowest BCUT2D eigenvalue weighted by atomic mass is 10.2. The lowest BCUT2D eigenvalue weighted by Crippen LogP contribution is -2.33. The lowest BCUT2D eigenvalue weighted by Gasteiger charge is -2.19. The normalized spacial score (nSPS) is 10.8. The number of amides is 1. The molecule has 21 heavy (non-hydrogen) atoms. The molecular weight excluding hydrogens is 270 g/mol. The van der Waals surface area contributed by atoms with Gasteiger partial charge in [-0.05, 0) is 32.8 Å². The average molecular weight is 293 g/mol. The molecule has 0 aliphatic rings. The molecule has 0 spiro atoms. The molecule has 0 aliphatic heterocycles. The Balaban J connectivity index is 2.09. The first-order chi connectivity index (χ1) is 9.87. The van der Waals surface area contributed by atoms with Gasteiger partial charge in [0.15, 0.2) is 0 Å². The predicted octanol–water partition coefficient (Wildman–Crippen LogP) is 2.69. The van der Waals surface area contributed by atoms with Crippen LogP contribution in [0.15, 0.2) is 30.3 Å². The first kappa shape index (κ1) is 17.0. The highest BCUT2D eigenvalue weighted by Gasteiger charge is 2.15. The first-order valence-electron chi connectivity index (χ1n) is 7.03. The van der Waals surface area contributed by atoms with Crippen LogP contribution in [0.25, 0.3) is 0 Å². The van der Waals surface area contributed by atoms with Gasteiger partial charge in [0.2, 0.25) is 0 Å². The van der Waals surface area contributed by atoms with Gasteiger partial charge in [0.25, 0.3) is 0 Å². The van der Waals surface area contributed by atoms with E-state index in [1.807, 2.05) is 30.3 Å². The summed E-state index contributed by atoms with van der Waals surface area (Å²) in [6, 6.07) is 9.43. The van der Waals surface area contributed by atoms with Crippen LogP contribution in [0, 0.1) is 0 Å². The van der Waals surface area contributed by atoms with Crippen molar-refractivity contribution in [1.82, 2.24) is 5.32 Å². The van der Waals surface area contributed by atoms with Crippen LogP contribution in [-0.4, -0.2) is 30.8 Å². The highest BCUT2D eigenvalue weighted by atomic mass is 16.6. The summed E-state index contributed by atoms with van der Waals surface area (Å²) in [5.74, 6) is -0.265. The lowest BCUT2D eigenvalue weighted by molar-refractivity contribution is -0.142. The molecular formula is C16H23NO4. The highest BCUT2D eigenvalue weighted by Crippen LogP contribution is 2.06. The Hall–Kier alpha value is -2.04. The van der Waals surface area contributed by atoms with Crippen LogP contribution in [0.5, 0.6) is 0 Å². The Labute approximate surface area is 125 Å². The van der Waals surface area contributed by atoms with Gasteiger partial charge < -0.3 is 14.8 Å². The minimum atomic E-state index is -0.508. The Morgan fingerprint density at radius 3 is 2.43 bits per heavy atom. The van der Waals surface area contributed by atoms with Crippen LogP contribution in [-0.2, 0) is 20.7 Å². The third kappa shape index (κ3) is 8.68. The zero-order chi connectivity index (χ0) is 15.7. The van der Waals surface area contributed by atoms with Crippen molar-refractivity contribution in [2.45, 2.75) is 39.2 Å². The average Bonchev–Trinajstić information content (AvgIpc) is 2.37. The van der Waals surface area contributed by atoms with Gasteiger partial charge in [-0.25, -0.2) is 4.79 Å². The molecule has 1 N–H and O–H groups in total. The van der Waals surface area contributed by atoms with Crippen molar-refractivity contribution < 1.29 is 19.1 Å². The summed E-state index contributed by atoms with van der Waals surface area (Å²) in [7, 11) is 0. The molecule has 1 aromatic carbocycles. The third-order valence-electron chi connectivity index (χ3n) is 2.44. The monoisotopic (exact) mass is 293 g/mol. The highest BCUT2D eigenvalue weighted by molar-refractivity contribution is 5.72. The molecule has 0 heterocycles. The molecule has 0 saturated heterocycles. The van der Waals surface area contributed by atoms with Crippen LogP contribution in [0.2, 0.25) is 0 Å². The van der Waals surface area contributed by atoms with E-state index in [9.17, 15) is 9.59 Å². The van der Waals surface area contributed by atoms with Gasteiger partial charge in [0.1, 0.15) is 5.60 Å². The van der Waals surface area contributed by atoms with Gasteiger partial charge in [-0.3, -0.25) is 4.79 Å². The van der Waals surface area contributed by atoms with Crippen LogP contribution < -0.4 is 5.32 Å². The van der Waals surface area contributed by atoms with Gasteiger partial charge in [0.05, 0.1) is 13.0 Å². The number of nitrogens with one attached hydrogen (secondary N) is 1. The summed E-state index contributed by atoms with van der Waals surface area (Å²) in [5, 5.41) is 2.61. The summed E-state index contributed by atoms with van der Waals surface area (Å²) in [6.45, 7) is 6.10. The standard InChI is InChI=1S/C16H23NO4/c1-16(2,3)21-15(19)17-10-7-11-20-14(18)12-13-8-5-4-6-9-13/h4-6,8-9H,7,10-12H2,1-3H3,(H,17,19). The van der Waals surface area contributed by atoms with Crippen LogP contribution in [0.3, 0.4) is 0 Å². The van der Waals surface area contributed by atoms with Crippen molar-refractivity contribution in [2.75, 3.05) is 13.2 Å². The van der Waals surface area contributed by atoms with Crippen LogP contribution in [0.1, 0.15) is 32.8 Å². The number of hydrogen-bond acceptors (Lipinski definition) is 4. The van der Waals surface area contributed by atoms with E-state index in [4.69, 9.17) is 9.47 Å². The van der Waals surface area contributed by atoms with E-state index in [0.717, 1.165) is 5.56 Å². The molecule has 5 heteroatoms. The summed E-state index contributed by atoms with van der Waals surface area (Å²) >= 11 is 0. The van der Waals surface area contributed by atoms with Crippen molar-refractivity contribution in [3.63, 3.8) is 0 Å². The molecule has 0 fully saturated rings. The number of carbonyl (C=O) groups excluding carboxylic acids is 2. The van der Waals surface area contributed by atoms with E-state index in [2.05, 4.69) is 5.32 Å². The number of esters is 1. The number of alkyl carbamates (subject to hydrolysis) is 1. The van der Waals surface area contributed by atoms with E-state index in [-0.39, 0.29) is 19.0 Å². The van der Waals surface area contributed by atoms with Gasteiger partial charge >= 0.3 is 12.1 Å². The van der Waals surface area contributed by atoms with Gasteiger partial charge in [-0.1, -0.05) is 30.3 Å². The Morgan fingerprint density at radius 1 is 1.14 bits per heavy atom. The van der Waals surface area contributed by atoms with Crippen molar-refractivity contribution >= 4 is 12.1 Å². The minimum Gasteiger partial charge on any atom is -0.465 e. The fraction of sp³-hybridized carbons (Fsp3) is 0.500. The second kappa shape index (κ2) is 8.29. The van der Waals surface area contributed by atoms with Crippen molar-refractivity contribution in [1.29, 1.82) is 0 Å². The molecule has 0 saturated carbocycles. The smallest absolute Gasteiger partial charge is 0.407 e. The molecule has 0 radical (unpaired) electrons. The van der Waals surface area contributed by atoms with Gasteiger partial charge in [-0.2, -0.15) is 0 Å². The number of hydrogen-bond donors (Lipinski definition) is 1. The summed E-state index contributed by atoms with van der Waals surface area (Å²) in [6.07, 6.45) is 0.359. The first-order valence-corrected chi connectivity index (χ1v) is 7.03. The maximum absolute atomic E-state index is 11.6. The summed E-state index contributed by atoms with van der Waals surface area (Å²) in [4.78, 5) is 22.9. The fourth-order valence-corrected chi connectivity index (χ4v) is 1.58. The molecule has 0 aliphatic carbocycles. The molecule has 116 valence electrons. The zero-order valence-corrected chi connectivity index (χ0v) is 12.8. The Kier molecular flexibility index (Phi) is 6.72. The van der Waals surface area contributed by atoms with Crippen molar-refractivity contribution in [3.05, 3.63) is 35.9 Å². The Bertz CT molecular complexity index is 451. The quantitative estimate of drug-likeness (QED) is 0.647. The molecule has 0 bridgehead atoms. The second-order valence-corrected chi connectivity index (χ2v) is 5.67. The van der Waals surface area contributed by atoms with Crippen molar-refractivity contribution in [2.24, 2.45) is 0 Å². The summed E-state index contributed by atoms with van der Waals surface area (Å²) < 4.78 is 10.2. The van der Waals surface area contributed by atoms with Gasteiger partial charge in [0, 0.05) is 6.54 Å². The SMILES string of the molecule is CC(C)(C)OC(=O)NCCCOC(=O)Cc1ccccc1. The third-order valence-corrected chi connectivity index (χ3v) is 2.44. The van der Waals surface area contributed by atoms with E-state index in [0.29, 0.717) is 13.0 Å². The number of ether oxygens (including phenoxy) is 2. The second-order valence-electron chi connectivity index (χ2n) is 5.67. The number of rotatable bonds is 6. The molecule has 1 amide bonds. The topological polar surface area (TPSA) is 64.6 Å². The maximum Gasteiger partial charge on any atom is 0.407 e. The maximum atomic E-state index is 11.6. The number of benzene rings is 1. The number of carbonyl (C=O) groups is 2. The predicted molar refractivity (Wildman–Crippen MR) is 80.0 cm³/mol. The van der Waals surface area contributed by atoms with Crippen LogP contribution in [0.4, 0.5) is 4.79 Å². The molecule has 0 unspecified atom stereocenters. The zero-order valence-electron chi connectivity index (χ0n) is 12.8. The Morgan fingerprint density at radius 2 is 1.81 bits per heavy atom. The van der Waals surface area contributed by atoms with E-state index in [1.54, 1.807) is 20.8 Å². The van der Waals surface area contributed by atoms with E-state index >= 15 is 0 Å². The van der Waals surface area contributed by atoms with Crippen LogP contribution >= 0.6 is 0 Å². The molecule has 0 atom stereocenters. The van der Waals surface area contributed by atoms with E-state index < -0.39 is 11.7 Å². The fourth-order valence-electron chi connectivity index (χ4n) is 1.58. The molecule has 1 rings (SSSR count). The van der Waals surface area contributed by atoms with E-state index in [1.165, 1.54) is 0 Å². The molecule has 0 aromatic heterocycles. The molecule has 5 nitrogen and oxygen atoms in total. The van der Waals surface area contributed by atoms with Crippen molar-refractivity contribution in [3.8, 4) is 0 Å². The largest absolute Gasteiger partial charge is 0.465 e. The minimum absolute atomic E-state index is 0.264. The summed E-state index contributed by atoms with van der Waals surface area (Å²) in [5.41, 5.74) is 0.418. The molecule has 1 aromatic rings.